The number of hydrogen-bond acceptors (Lipinski definition) is 2. The zero-order valence-corrected chi connectivity index (χ0v) is 10.2. The minimum Gasteiger partial charge on any atom is -0.480 e. The van der Waals surface area contributed by atoms with Crippen molar-refractivity contribution in [3.8, 4) is 0 Å². The fourth-order valence-electron chi connectivity index (χ4n) is 1.73. The minimum absolute atomic E-state index is 0.307. The smallest absolute Gasteiger partial charge is 0.319 e. The lowest BCUT2D eigenvalue weighted by Crippen LogP contribution is -2.51. The average molecular weight is 227 g/mol. The largest absolute Gasteiger partial charge is 0.480 e. The second kappa shape index (κ2) is 4.85. The van der Waals surface area contributed by atoms with E-state index in [4.69, 9.17) is 5.11 Å². The highest BCUT2D eigenvalue weighted by molar-refractivity contribution is 6.02. The quantitative estimate of drug-likeness (QED) is 0.702. The van der Waals surface area contributed by atoms with Crippen molar-refractivity contribution in [1.82, 2.24) is 5.32 Å². The number of hydrogen-bond donors (Lipinski definition) is 2. The van der Waals surface area contributed by atoms with Crippen LogP contribution in [0.15, 0.2) is 0 Å². The normalized spacial score (nSPS) is 20.0. The monoisotopic (exact) mass is 227 g/mol. The van der Waals surface area contributed by atoms with Gasteiger partial charge in [0.2, 0.25) is 5.91 Å². The van der Waals surface area contributed by atoms with Gasteiger partial charge in [-0.05, 0) is 24.7 Å². The highest BCUT2D eigenvalue weighted by Crippen LogP contribution is 2.41. The zero-order chi connectivity index (χ0) is 12.3. The van der Waals surface area contributed by atoms with Crippen molar-refractivity contribution in [3.63, 3.8) is 0 Å². The Balaban J connectivity index is 2.49. The molecule has 0 bridgehead atoms. The molecule has 0 aromatic carbocycles. The van der Waals surface area contributed by atoms with E-state index in [0.29, 0.717) is 31.2 Å². The maximum atomic E-state index is 11.8. The predicted molar refractivity (Wildman–Crippen MR) is 60.9 cm³/mol. The van der Waals surface area contributed by atoms with Crippen LogP contribution >= 0.6 is 0 Å². The summed E-state index contributed by atoms with van der Waals surface area (Å²) in [6.07, 6.45) is 1.79. The maximum Gasteiger partial charge on any atom is 0.319 e. The zero-order valence-electron chi connectivity index (χ0n) is 10.2. The first-order valence-corrected chi connectivity index (χ1v) is 5.92. The summed E-state index contributed by atoms with van der Waals surface area (Å²) < 4.78 is 0. The van der Waals surface area contributed by atoms with Crippen molar-refractivity contribution in [1.29, 1.82) is 0 Å². The van der Waals surface area contributed by atoms with E-state index in [1.165, 1.54) is 0 Å². The first kappa shape index (κ1) is 13.0. The Morgan fingerprint density at radius 1 is 1.31 bits per heavy atom. The molecular weight excluding hydrogens is 206 g/mol. The lowest BCUT2D eigenvalue weighted by Gasteiger charge is -2.36. The van der Waals surface area contributed by atoms with E-state index < -0.39 is 11.4 Å². The summed E-state index contributed by atoms with van der Waals surface area (Å²) >= 11 is 0. The molecule has 1 rings (SSSR count). The van der Waals surface area contributed by atoms with Crippen LogP contribution in [0.5, 0.6) is 0 Å². The van der Waals surface area contributed by atoms with Crippen molar-refractivity contribution in [2.75, 3.05) is 6.54 Å². The van der Waals surface area contributed by atoms with Gasteiger partial charge in [0.1, 0.15) is 5.41 Å². The molecule has 1 amide bonds. The molecule has 1 unspecified atom stereocenters. The Hall–Kier alpha value is -1.06. The van der Waals surface area contributed by atoms with Gasteiger partial charge in [0.25, 0.3) is 0 Å². The van der Waals surface area contributed by atoms with Crippen molar-refractivity contribution in [3.05, 3.63) is 0 Å². The number of carbonyl (C=O) groups excluding carboxylic acids is 1. The number of carboxylic acid groups (broad SMARTS) is 1. The molecule has 0 saturated heterocycles. The SMILES string of the molecule is CC(C)C(C)CNC(=O)C1(C(=O)O)CCC1. The summed E-state index contributed by atoms with van der Waals surface area (Å²) in [6, 6.07) is 0. The molecular formula is C12H21NO3. The van der Waals surface area contributed by atoms with Gasteiger partial charge in [0, 0.05) is 6.54 Å². The number of nitrogens with one attached hydrogen (secondary N) is 1. The lowest BCUT2D eigenvalue weighted by molar-refractivity contribution is -0.162. The summed E-state index contributed by atoms with van der Waals surface area (Å²) in [4.78, 5) is 22.9. The van der Waals surface area contributed by atoms with Crippen molar-refractivity contribution >= 4 is 11.9 Å². The van der Waals surface area contributed by atoms with Crippen LogP contribution in [0.2, 0.25) is 0 Å². The first-order chi connectivity index (χ1) is 7.40. The molecule has 0 spiro atoms. The number of carbonyl (C=O) groups is 2. The molecule has 16 heavy (non-hydrogen) atoms. The van der Waals surface area contributed by atoms with E-state index in [1.54, 1.807) is 0 Å². The van der Waals surface area contributed by atoms with Crippen LogP contribution < -0.4 is 5.32 Å². The van der Waals surface area contributed by atoms with Gasteiger partial charge in [-0.1, -0.05) is 27.2 Å². The Bertz CT molecular complexity index is 282. The van der Waals surface area contributed by atoms with E-state index in [0.717, 1.165) is 6.42 Å². The molecule has 0 aliphatic heterocycles. The van der Waals surface area contributed by atoms with Gasteiger partial charge in [-0.2, -0.15) is 0 Å². The Morgan fingerprint density at radius 2 is 1.88 bits per heavy atom. The van der Waals surface area contributed by atoms with E-state index in [2.05, 4.69) is 26.1 Å². The lowest BCUT2D eigenvalue weighted by atomic mass is 9.68. The van der Waals surface area contributed by atoms with Crippen LogP contribution in [-0.4, -0.2) is 23.5 Å². The summed E-state index contributed by atoms with van der Waals surface area (Å²) in [7, 11) is 0. The van der Waals surface area contributed by atoms with E-state index >= 15 is 0 Å². The van der Waals surface area contributed by atoms with Crippen molar-refractivity contribution in [2.24, 2.45) is 17.3 Å². The summed E-state index contributed by atoms with van der Waals surface area (Å²) in [5, 5.41) is 11.8. The molecule has 4 nitrogen and oxygen atoms in total. The molecule has 0 radical (unpaired) electrons. The minimum atomic E-state index is -1.13. The highest BCUT2D eigenvalue weighted by atomic mass is 16.4. The average Bonchev–Trinajstić information content (AvgIpc) is 2.11. The van der Waals surface area contributed by atoms with E-state index in [1.807, 2.05) is 0 Å². The summed E-state index contributed by atoms with van der Waals surface area (Å²) in [6.45, 7) is 6.80. The third kappa shape index (κ3) is 2.36. The van der Waals surface area contributed by atoms with Crippen LogP contribution in [-0.2, 0) is 9.59 Å². The number of amides is 1. The fourth-order valence-corrected chi connectivity index (χ4v) is 1.73. The maximum absolute atomic E-state index is 11.8. The standard InChI is InChI=1S/C12H21NO3/c1-8(2)9(3)7-13-10(14)12(11(15)16)5-4-6-12/h8-9H,4-7H2,1-3H3,(H,13,14)(H,15,16). The summed E-state index contributed by atoms with van der Waals surface area (Å²) in [5.41, 5.74) is -1.13. The number of carboxylic acids is 1. The van der Waals surface area contributed by atoms with Crippen LogP contribution in [0.3, 0.4) is 0 Å². The molecule has 1 saturated carbocycles. The third-order valence-corrected chi connectivity index (χ3v) is 3.77. The van der Waals surface area contributed by atoms with E-state index in [9.17, 15) is 9.59 Å². The van der Waals surface area contributed by atoms with Crippen molar-refractivity contribution in [2.45, 2.75) is 40.0 Å². The molecule has 92 valence electrons. The summed E-state index contributed by atoms with van der Waals surface area (Å²) in [5.74, 6) is -0.426. The van der Waals surface area contributed by atoms with Crippen LogP contribution in [0.1, 0.15) is 40.0 Å². The molecule has 0 heterocycles. The topological polar surface area (TPSA) is 66.4 Å². The number of rotatable bonds is 5. The van der Waals surface area contributed by atoms with Gasteiger partial charge in [-0.25, -0.2) is 0 Å². The fraction of sp³-hybridized carbons (Fsp3) is 0.833. The molecule has 0 aromatic rings. The second-order valence-electron chi connectivity index (χ2n) is 5.17. The van der Waals surface area contributed by atoms with Gasteiger partial charge < -0.3 is 10.4 Å². The molecule has 0 aromatic heterocycles. The number of aliphatic carboxylic acids is 1. The predicted octanol–water partition coefficient (Wildman–Crippen LogP) is 1.65. The van der Waals surface area contributed by atoms with Gasteiger partial charge in [-0.15, -0.1) is 0 Å². The first-order valence-electron chi connectivity index (χ1n) is 5.92. The van der Waals surface area contributed by atoms with Gasteiger partial charge in [0.05, 0.1) is 0 Å². The van der Waals surface area contributed by atoms with Crippen LogP contribution in [0.4, 0.5) is 0 Å². The third-order valence-electron chi connectivity index (χ3n) is 3.77. The van der Waals surface area contributed by atoms with Gasteiger partial charge in [-0.3, -0.25) is 9.59 Å². The Morgan fingerprint density at radius 3 is 2.19 bits per heavy atom. The molecule has 1 aliphatic carbocycles. The molecule has 1 atom stereocenters. The van der Waals surface area contributed by atoms with E-state index in [-0.39, 0.29) is 5.91 Å². The van der Waals surface area contributed by atoms with Gasteiger partial charge >= 0.3 is 5.97 Å². The Kier molecular flexibility index (Phi) is 3.94. The second-order valence-corrected chi connectivity index (χ2v) is 5.17. The molecule has 1 fully saturated rings. The van der Waals surface area contributed by atoms with Crippen LogP contribution in [0.25, 0.3) is 0 Å². The molecule has 1 aliphatic rings. The molecule has 2 N–H and O–H groups in total. The highest BCUT2D eigenvalue weighted by Gasteiger charge is 2.51. The van der Waals surface area contributed by atoms with Gasteiger partial charge in [0.15, 0.2) is 0 Å². The van der Waals surface area contributed by atoms with Crippen LogP contribution in [0, 0.1) is 17.3 Å². The van der Waals surface area contributed by atoms with Crippen molar-refractivity contribution < 1.29 is 14.7 Å². The Labute approximate surface area is 96.4 Å². The molecule has 4 heteroatoms.